The molecule has 2 aliphatic rings. The Kier molecular flexibility index (Phi) is 2.29. The van der Waals surface area contributed by atoms with Crippen LogP contribution in [0.5, 0.6) is 5.75 Å². The zero-order chi connectivity index (χ0) is 12.8. The van der Waals surface area contributed by atoms with Gasteiger partial charge in [0.1, 0.15) is 18.0 Å². The molecule has 96 valence electrons. The quantitative estimate of drug-likeness (QED) is 0.661. The fourth-order valence-electron chi connectivity index (χ4n) is 2.88. The fraction of sp³-hybridized carbons (Fsp3) is 0.250. The average molecular weight is 253 g/mol. The number of benzene rings is 2. The molecule has 0 amide bonds. The number of ether oxygens (including phenoxy) is 2. The van der Waals surface area contributed by atoms with Crippen LogP contribution < -0.4 is 10.5 Å². The predicted octanol–water partition coefficient (Wildman–Crippen LogP) is 2.90. The highest BCUT2D eigenvalue weighted by Gasteiger charge is 2.38. The van der Waals surface area contributed by atoms with Gasteiger partial charge >= 0.3 is 0 Å². The molecule has 0 saturated carbocycles. The molecule has 2 bridgehead atoms. The number of fused-ring (bicyclic) bond motifs is 3. The third-order valence-corrected chi connectivity index (χ3v) is 3.85. The number of rotatable bonds is 2. The van der Waals surface area contributed by atoms with Gasteiger partial charge < -0.3 is 15.2 Å². The minimum Gasteiger partial charge on any atom is -0.487 e. The fourth-order valence-corrected chi connectivity index (χ4v) is 2.88. The second kappa shape index (κ2) is 4.00. The maximum absolute atomic E-state index is 6.04. The summed E-state index contributed by atoms with van der Waals surface area (Å²) in [5.41, 5.74) is 6.75. The van der Waals surface area contributed by atoms with Gasteiger partial charge in [0.05, 0.1) is 6.10 Å². The van der Waals surface area contributed by atoms with Gasteiger partial charge in [-0.25, -0.2) is 0 Å². The van der Waals surface area contributed by atoms with Crippen LogP contribution in [-0.2, 0) is 4.74 Å². The molecular weight excluding hydrogens is 238 g/mol. The number of hydrogen-bond acceptors (Lipinski definition) is 3. The van der Waals surface area contributed by atoms with Crippen molar-refractivity contribution in [1.82, 2.24) is 0 Å². The Bertz CT molecular complexity index is 665. The molecule has 2 N–H and O–H groups in total. The van der Waals surface area contributed by atoms with E-state index in [1.165, 1.54) is 0 Å². The van der Waals surface area contributed by atoms with Gasteiger partial charge in [-0.2, -0.15) is 0 Å². The Morgan fingerprint density at radius 1 is 1.16 bits per heavy atom. The van der Waals surface area contributed by atoms with Crippen molar-refractivity contribution in [2.24, 2.45) is 0 Å². The Morgan fingerprint density at radius 2 is 2.11 bits per heavy atom. The first-order valence-electron chi connectivity index (χ1n) is 6.58. The summed E-state index contributed by atoms with van der Waals surface area (Å²) in [6.45, 7) is 0. The van der Waals surface area contributed by atoms with Gasteiger partial charge in [0.15, 0.2) is 0 Å². The van der Waals surface area contributed by atoms with Gasteiger partial charge in [-0.15, -0.1) is 0 Å². The van der Waals surface area contributed by atoms with Crippen LogP contribution in [0.2, 0.25) is 0 Å². The molecule has 19 heavy (non-hydrogen) atoms. The lowest BCUT2D eigenvalue weighted by Gasteiger charge is -2.18. The smallest absolute Gasteiger partial charge is 0.131 e. The lowest BCUT2D eigenvalue weighted by atomic mass is 10.0. The standard InChI is InChI=1S/C16H15NO2/c17-14-3-1-2-10-8-11(4-6-13(10)14)19-16-9-12-5-7-15(16)18-12/h1-8,12,15-16H,9,17H2. The SMILES string of the molecule is Nc1cccc2cc(OC3CC4C=CC3O4)ccc12. The Hall–Kier alpha value is -2.00. The summed E-state index contributed by atoms with van der Waals surface area (Å²) >= 11 is 0. The van der Waals surface area contributed by atoms with Crippen LogP contribution in [0, 0.1) is 0 Å². The van der Waals surface area contributed by atoms with Crippen molar-refractivity contribution in [2.75, 3.05) is 5.73 Å². The van der Waals surface area contributed by atoms with Crippen molar-refractivity contribution in [1.29, 1.82) is 0 Å². The van der Waals surface area contributed by atoms with E-state index in [9.17, 15) is 0 Å². The summed E-state index contributed by atoms with van der Waals surface area (Å²) < 4.78 is 11.7. The normalized spacial score (nSPS) is 28.1. The van der Waals surface area contributed by atoms with Gasteiger partial charge in [-0.3, -0.25) is 0 Å². The summed E-state index contributed by atoms with van der Waals surface area (Å²) in [6, 6.07) is 12.0. The molecule has 0 aromatic heterocycles. The molecule has 1 saturated heterocycles. The Balaban J connectivity index is 1.63. The van der Waals surface area contributed by atoms with Crippen LogP contribution in [0.4, 0.5) is 5.69 Å². The van der Waals surface area contributed by atoms with E-state index in [1.54, 1.807) is 0 Å². The van der Waals surface area contributed by atoms with Gasteiger partial charge in [-0.05, 0) is 29.7 Å². The summed E-state index contributed by atoms with van der Waals surface area (Å²) in [7, 11) is 0. The molecule has 3 unspecified atom stereocenters. The molecular formula is C16H15NO2. The van der Waals surface area contributed by atoms with Crippen LogP contribution >= 0.6 is 0 Å². The van der Waals surface area contributed by atoms with E-state index in [-0.39, 0.29) is 18.3 Å². The second-order valence-corrected chi connectivity index (χ2v) is 5.15. The Morgan fingerprint density at radius 3 is 2.89 bits per heavy atom. The van der Waals surface area contributed by atoms with Crippen LogP contribution in [0.1, 0.15) is 6.42 Å². The van der Waals surface area contributed by atoms with E-state index in [1.807, 2.05) is 30.3 Å². The summed E-state index contributed by atoms with van der Waals surface area (Å²) in [5.74, 6) is 0.882. The topological polar surface area (TPSA) is 44.5 Å². The Labute approximate surface area is 111 Å². The van der Waals surface area contributed by atoms with E-state index in [2.05, 4.69) is 18.2 Å². The van der Waals surface area contributed by atoms with Gasteiger partial charge in [0, 0.05) is 17.5 Å². The molecule has 0 spiro atoms. The monoisotopic (exact) mass is 253 g/mol. The highest BCUT2D eigenvalue weighted by atomic mass is 16.6. The van der Waals surface area contributed by atoms with E-state index in [4.69, 9.17) is 15.2 Å². The molecule has 2 aromatic rings. The summed E-state index contributed by atoms with van der Waals surface area (Å²) in [5, 5.41) is 2.18. The molecule has 2 heterocycles. The van der Waals surface area contributed by atoms with Crippen LogP contribution in [0.25, 0.3) is 10.8 Å². The maximum atomic E-state index is 6.04. The van der Waals surface area contributed by atoms with Crippen molar-refractivity contribution in [2.45, 2.75) is 24.7 Å². The third kappa shape index (κ3) is 1.78. The highest BCUT2D eigenvalue weighted by Crippen LogP contribution is 2.33. The molecule has 1 fully saturated rings. The first-order chi connectivity index (χ1) is 9.29. The summed E-state index contributed by atoms with van der Waals surface area (Å²) in [6.07, 6.45) is 5.64. The molecule has 3 atom stereocenters. The minimum absolute atomic E-state index is 0.113. The van der Waals surface area contributed by atoms with Crippen molar-refractivity contribution in [3.05, 3.63) is 48.6 Å². The lowest BCUT2D eigenvalue weighted by molar-refractivity contribution is 0.0800. The number of hydrogen-bond donors (Lipinski definition) is 1. The molecule has 2 aromatic carbocycles. The number of nitrogen functional groups attached to an aromatic ring is 1. The van der Waals surface area contributed by atoms with Crippen molar-refractivity contribution < 1.29 is 9.47 Å². The average Bonchev–Trinajstić information content (AvgIpc) is 3.01. The van der Waals surface area contributed by atoms with E-state index < -0.39 is 0 Å². The third-order valence-electron chi connectivity index (χ3n) is 3.85. The van der Waals surface area contributed by atoms with E-state index >= 15 is 0 Å². The maximum Gasteiger partial charge on any atom is 0.131 e. The van der Waals surface area contributed by atoms with Crippen LogP contribution in [-0.4, -0.2) is 18.3 Å². The zero-order valence-electron chi connectivity index (χ0n) is 10.5. The predicted molar refractivity (Wildman–Crippen MR) is 75.2 cm³/mol. The highest BCUT2D eigenvalue weighted by molar-refractivity contribution is 5.93. The van der Waals surface area contributed by atoms with Crippen LogP contribution in [0.3, 0.4) is 0 Å². The van der Waals surface area contributed by atoms with Crippen molar-refractivity contribution in [3.8, 4) is 5.75 Å². The molecule has 0 radical (unpaired) electrons. The lowest BCUT2D eigenvalue weighted by Crippen LogP contribution is -2.26. The van der Waals surface area contributed by atoms with Gasteiger partial charge in [-0.1, -0.05) is 24.3 Å². The van der Waals surface area contributed by atoms with Gasteiger partial charge in [0.2, 0.25) is 0 Å². The molecule has 4 rings (SSSR count). The first-order valence-corrected chi connectivity index (χ1v) is 6.58. The summed E-state index contributed by atoms with van der Waals surface area (Å²) in [4.78, 5) is 0. The number of anilines is 1. The van der Waals surface area contributed by atoms with Crippen molar-refractivity contribution >= 4 is 16.5 Å². The second-order valence-electron chi connectivity index (χ2n) is 5.15. The van der Waals surface area contributed by atoms with E-state index in [0.29, 0.717) is 0 Å². The number of nitrogens with two attached hydrogens (primary N) is 1. The molecule has 0 aliphatic carbocycles. The first kappa shape index (κ1) is 10.9. The van der Waals surface area contributed by atoms with Crippen molar-refractivity contribution in [3.63, 3.8) is 0 Å². The zero-order valence-corrected chi connectivity index (χ0v) is 10.5. The molecule has 3 nitrogen and oxygen atoms in total. The largest absolute Gasteiger partial charge is 0.487 e. The van der Waals surface area contributed by atoms with Gasteiger partial charge in [0.25, 0.3) is 0 Å². The van der Waals surface area contributed by atoms with E-state index in [0.717, 1.165) is 28.6 Å². The van der Waals surface area contributed by atoms with Crippen LogP contribution in [0.15, 0.2) is 48.6 Å². The molecule has 3 heteroatoms. The minimum atomic E-state index is 0.113. The molecule has 2 aliphatic heterocycles.